The fraction of sp³-hybridized carbons (Fsp3) is 0.0909. The van der Waals surface area contributed by atoms with Crippen LogP contribution in [0.15, 0.2) is 67.1 Å². The smallest absolute Gasteiger partial charge is 0.255 e. The minimum absolute atomic E-state index is 0.212. The van der Waals surface area contributed by atoms with Gasteiger partial charge in [0.15, 0.2) is 0 Å². The van der Waals surface area contributed by atoms with Gasteiger partial charge < -0.3 is 10.1 Å². The van der Waals surface area contributed by atoms with Crippen molar-refractivity contribution >= 4 is 23.2 Å². The van der Waals surface area contributed by atoms with E-state index >= 15 is 0 Å². The summed E-state index contributed by atoms with van der Waals surface area (Å²) >= 11 is 6.21. The first kappa shape index (κ1) is 19.6. The van der Waals surface area contributed by atoms with Gasteiger partial charge in [-0.1, -0.05) is 11.6 Å². The Morgan fingerprint density at radius 1 is 1.03 bits per heavy atom. The van der Waals surface area contributed by atoms with Crippen LogP contribution in [0.2, 0.25) is 5.02 Å². The Labute approximate surface area is 178 Å². The first-order valence-corrected chi connectivity index (χ1v) is 9.56. The van der Waals surface area contributed by atoms with Gasteiger partial charge in [-0.3, -0.25) is 9.78 Å². The Morgan fingerprint density at radius 2 is 1.77 bits per heavy atom. The summed E-state index contributed by atoms with van der Waals surface area (Å²) in [5.74, 6) is 0.787. The Balaban J connectivity index is 1.43. The van der Waals surface area contributed by atoms with Crippen LogP contribution in [0, 0.1) is 13.8 Å². The van der Waals surface area contributed by atoms with Gasteiger partial charge in [-0.05, 0) is 62.4 Å². The molecule has 4 aromatic rings. The van der Waals surface area contributed by atoms with E-state index in [0.29, 0.717) is 27.9 Å². The maximum absolute atomic E-state index is 12.6. The van der Waals surface area contributed by atoms with Crippen molar-refractivity contribution in [2.75, 3.05) is 5.32 Å². The van der Waals surface area contributed by atoms with Gasteiger partial charge in [0.05, 0.1) is 28.3 Å². The molecule has 0 radical (unpaired) electrons. The molecule has 0 aliphatic carbocycles. The molecule has 0 saturated heterocycles. The number of amides is 1. The average Bonchev–Trinajstić information content (AvgIpc) is 3.03. The second kappa shape index (κ2) is 8.34. The van der Waals surface area contributed by atoms with Gasteiger partial charge in [0.25, 0.3) is 5.91 Å². The van der Waals surface area contributed by atoms with Crippen LogP contribution in [0.3, 0.4) is 0 Å². The molecule has 0 spiro atoms. The first-order valence-electron chi connectivity index (χ1n) is 9.19. The van der Waals surface area contributed by atoms with Crippen LogP contribution >= 0.6 is 11.6 Å². The molecule has 2 aromatic heterocycles. The highest BCUT2D eigenvalue weighted by Crippen LogP contribution is 2.23. The third-order valence-corrected chi connectivity index (χ3v) is 5.00. The van der Waals surface area contributed by atoms with E-state index < -0.39 is 0 Å². The normalized spacial score (nSPS) is 10.6. The Bertz CT molecular complexity index is 1170. The van der Waals surface area contributed by atoms with E-state index in [2.05, 4.69) is 20.4 Å². The van der Waals surface area contributed by atoms with Crippen molar-refractivity contribution in [1.29, 1.82) is 0 Å². The summed E-state index contributed by atoms with van der Waals surface area (Å²) in [4.78, 5) is 20.6. The van der Waals surface area contributed by atoms with Gasteiger partial charge in [0.1, 0.15) is 5.75 Å². The van der Waals surface area contributed by atoms with Crippen molar-refractivity contribution in [2.24, 2.45) is 0 Å². The SMILES string of the molecule is Cc1nn(-c2ccc(C(=O)Nc3ccc(Oc4cnccn4)cc3)cc2)c(C)c1Cl. The predicted molar refractivity (Wildman–Crippen MR) is 115 cm³/mol. The van der Waals surface area contributed by atoms with Gasteiger partial charge in [-0.25, -0.2) is 9.67 Å². The summed E-state index contributed by atoms with van der Waals surface area (Å²) in [6, 6.07) is 14.2. The summed E-state index contributed by atoms with van der Waals surface area (Å²) in [7, 11) is 0. The van der Waals surface area contributed by atoms with Gasteiger partial charge >= 0.3 is 0 Å². The summed E-state index contributed by atoms with van der Waals surface area (Å²) < 4.78 is 7.35. The number of anilines is 1. The minimum atomic E-state index is -0.212. The average molecular weight is 420 g/mol. The molecule has 1 amide bonds. The number of aryl methyl sites for hydroxylation is 1. The highest BCUT2D eigenvalue weighted by molar-refractivity contribution is 6.31. The topological polar surface area (TPSA) is 81.9 Å². The van der Waals surface area contributed by atoms with Crippen molar-refractivity contribution in [2.45, 2.75) is 13.8 Å². The molecule has 4 rings (SSSR count). The van der Waals surface area contributed by atoms with E-state index in [0.717, 1.165) is 17.1 Å². The number of nitrogens with zero attached hydrogens (tertiary/aromatic N) is 4. The number of hydrogen-bond donors (Lipinski definition) is 1. The Morgan fingerprint density at radius 3 is 2.37 bits per heavy atom. The Kier molecular flexibility index (Phi) is 5.45. The van der Waals surface area contributed by atoms with E-state index in [1.54, 1.807) is 53.5 Å². The maximum atomic E-state index is 12.6. The number of carbonyl (C=O) groups excluding carboxylic acids is 1. The molecule has 0 bridgehead atoms. The van der Waals surface area contributed by atoms with Crippen LogP contribution in [-0.4, -0.2) is 25.7 Å². The van der Waals surface area contributed by atoms with E-state index in [4.69, 9.17) is 16.3 Å². The lowest BCUT2D eigenvalue weighted by Gasteiger charge is -2.09. The van der Waals surface area contributed by atoms with Crippen molar-refractivity contribution < 1.29 is 9.53 Å². The van der Waals surface area contributed by atoms with Crippen molar-refractivity contribution in [3.05, 3.63) is 89.1 Å². The predicted octanol–water partition coefficient (Wildman–Crippen LogP) is 4.98. The third kappa shape index (κ3) is 4.16. The highest BCUT2D eigenvalue weighted by atomic mass is 35.5. The van der Waals surface area contributed by atoms with Gasteiger partial charge in [0, 0.05) is 23.6 Å². The molecule has 0 unspecified atom stereocenters. The zero-order chi connectivity index (χ0) is 21.1. The number of ether oxygens (including phenoxy) is 1. The summed E-state index contributed by atoms with van der Waals surface area (Å²) in [5.41, 5.74) is 3.65. The number of halogens is 1. The number of benzene rings is 2. The summed E-state index contributed by atoms with van der Waals surface area (Å²) in [6.45, 7) is 3.76. The molecule has 30 heavy (non-hydrogen) atoms. The largest absolute Gasteiger partial charge is 0.438 e. The van der Waals surface area contributed by atoms with Crippen LogP contribution < -0.4 is 10.1 Å². The van der Waals surface area contributed by atoms with Crippen LogP contribution in [0.4, 0.5) is 5.69 Å². The lowest BCUT2D eigenvalue weighted by Crippen LogP contribution is -2.12. The lowest BCUT2D eigenvalue weighted by atomic mass is 10.2. The van der Waals surface area contributed by atoms with Crippen LogP contribution in [0.1, 0.15) is 21.7 Å². The molecule has 0 saturated carbocycles. The standard InChI is InChI=1S/C22H18ClN5O2/c1-14-21(23)15(2)28(27-14)18-7-3-16(4-8-18)22(29)26-17-5-9-19(10-6-17)30-20-13-24-11-12-25-20/h3-13H,1-2H3,(H,26,29). The molecule has 2 heterocycles. The molecule has 0 atom stereocenters. The number of aromatic nitrogens is 4. The van der Waals surface area contributed by atoms with E-state index in [9.17, 15) is 4.79 Å². The molecular formula is C22H18ClN5O2. The molecule has 0 fully saturated rings. The van der Waals surface area contributed by atoms with Gasteiger partial charge in [-0.15, -0.1) is 0 Å². The number of hydrogen-bond acceptors (Lipinski definition) is 5. The van der Waals surface area contributed by atoms with Gasteiger partial charge in [0.2, 0.25) is 5.88 Å². The van der Waals surface area contributed by atoms with Crippen LogP contribution in [-0.2, 0) is 0 Å². The lowest BCUT2D eigenvalue weighted by molar-refractivity contribution is 0.102. The molecule has 8 heteroatoms. The second-order valence-electron chi connectivity index (χ2n) is 6.57. The zero-order valence-corrected chi connectivity index (χ0v) is 17.1. The number of rotatable bonds is 5. The van der Waals surface area contributed by atoms with Crippen LogP contribution in [0.25, 0.3) is 5.69 Å². The zero-order valence-electron chi connectivity index (χ0n) is 16.3. The van der Waals surface area contributed by atoms with Crippen molar-refractivity contribution in [3.63, 3.8) is 0 Å². The fourth-order valence-corrected chi connectivity index (χ4v) is 3.02. The quantitative estimate of drug-likeness (QED) is 0.493. The third-order valence-electron chi connectivity index (χ3n) is 4.45. The van der Waals surface area contributed by atoms with E-state index in [1.165, 1.54) is 6.20 Å². The molecule has 1 N–H and O–H groups in total. The molecule has 7 nitrogen and oxygen atoms in total. The summed E-state index contributed by atoms with van der Waals surface area (Å²) in [5, 5.41) is 7.93. The number of nitrogens with one attached hydrogen (secondary N) is 1. The molecule has 150 valence electrons. The number of carbonyl (C=O) groups is 1. The maximum Gasteiger partial charge on any atom is 0.255 e. The van der Waals surface area contributed by atoms with Crippen molar-refractivity contribution in [3.8, 4) is 17.3 Å². The Hall–Kier alpha value is -3.71. The monoisotopic (exact) mass is 419 g/mol. The molecule has 2 aromatic carbocycles. The van der Waals surface area contributed by atoms with E-state index in [-0.39, 0.29) is 5.91 Å². The fourth-order valence-electron chi connectivity index (χ4n) is 2.90. The van der Waals surface area contributed by atoms with Crippen molar-refractivity contribution in [1.82, 2.24) is 19.7 Å². The van der Waals surface area contributed by atoms with Gasteiger partial charge in [-0.2, -0.15) is 5.10 Å². The second-order valence-corrected chi connectivity index (χ2v) is 6.95. The highest BCUT2D eigenvalue weighted by Gasteiger charge is 2.12. The minimum Gasteiger partial charge on any atom is -0.438 e. The molecule has 0 aliphatic heterocycles. The molecular weight excluding hydrogens is 402 g/mol. The first-order chi connectivity index (χ1) is 14.5. The van der Waals surface area contributed by atoms with Crippen LogP contribution in [0.5, 0.6) is 11.6 Å². The van der Waals surface area contributed by atoms with E-state index in [1.807, 2.05) is 26.0 Å². The summed E-state index contributed by atoms with van der Waals surface area (Å²) in [6.07, 6.45) is 4.66. The molecule has 0 aliphatic rings.